The fourth-order valence-electron chi connectivity index (χ4n) is 1.78. The van der Waals surface area contributed by atoms with Crippen LogP contribution in [-0.2, 0) is 6.42 Å². The summed E-state index contributed by atoms with van der Waals surface area (Å²) in [6.07, 6.45) is 10.1. The monoisotopic (exact) mass is 219 g/mol. The van der Waals surface area contributed by atoms with Crippen LogP contribution in [0.15, 0.2) is 24.3 Å². The number of ether oxygens (including phenoxy) is 1. The van der Waals surface area contributed by atoms with E-state index in [1.54, 1.807) is 7.11 Å². The molecule has 0 amide bonds. The van der Waals surface area contributed by atoms with Crippen LogP contribution in [0.4, 0.5) is 0 Å². The molecule has 0 saturated carbocycles. The van der Waals surface area contributed by atoms with Gasteiger partial charge in [0.2, 0.25) is 0 Å². The van der Waals surface area contributed by atoms with E-state index in [1.807, 2.05) is 6.07 Å². The van der Waals surface area contributed by atoms with E-state index >= 15 is 0 Å². The Hall–Kier alpha value is -0.980. The number of hydrogen-bond donors (Lipinski definition) is 0. The molecule has 0 unspecified atom stereocenters. The van der Waals surface area contributed by atoms with Gasteiger partial charge in [0.15, 0.2) is 0 Å². The van der Waals surface area contributed by atoms with Crippen molar-refractivity contribution in [3.8, 4) is 5.75 Å². The van der Waals surface area contributed by atoms with Crippen LogP contribution in [0.3, 0.4) is 0 Å². The molecule has 0 aliphatic carbocycles. The Bertz CT molecular complexity index is 281. The lowest BCUT2D eigenvalue weighted by atomic mass is 10.0. The highest BCUT2D eigenvalue weighted by atomic mass is 16.5. The maximum atomic E-state index is 5.20. The van der Waals surface area contributed by atoms with E-state index in [4.69, 9.17) is 4.74 Å². The van der Waals surface area contributed by atoms with Crippen LogP contribution >= 0.6 is 0 Å². The van der Waals surface area contributed by atoms with Gasteiger partial charge < -0.3 is 4.74 Å². The summed E-state index contributed by atoms with van der Waals surface area (Å²) in [5, 5.41) is 0. The zero-order valence-electron chi connectivity index (χ0n) is 10.5. The highest BCUT2D eigenvalue weighted by Gasteiger charge is 1.96. The van der Waals surface area contributed by atoms with Gasteiger partial charge in [-0.2, -0.15) is 0 Å². The SMILES string of the molecule is CCCCCC[CH]Cc1cccc(OC)c1. The van der Waals surface area contributed by atoms with Crippen molar-refractivity contribution in [3.05, 3.63) is 36.2 Å². The number of hydrogen-bond acceptors (Lipinski definition) is 1. The molecule has 0 aliphatic heterocycles. The lowest BCUT2D eigenvalue weighted by Gasteiger charge is -2.04. The predicted molar refractivity (Wildman–Crippen MR) is 69.8 cm³/mol. The molecule has 0 aliphatic rings. The number of methoxy groups -OCH3 is 1. The van der Waals surface area contributed by atoms with Gasteiger partial charge in [-0.3, -0.25) is 0 Å². The van der Waals surface area contributed by atoms with Crippen LogP contribution in [0, 0.1) is 6.42 Å². The van der Waals surface area contributed by atoms with E-state index in [0.717, 1.165) is 12.2 Å². The van der Waals surface area contributed by atoms with Crippen LogP contribution < -0.4 is 4.74 Å². The van der Waals surface area contributed by atoms with E-state index < -0.39 is 0 Å². The Kier molecular flexibility index (Phi) is 6.71. The summed E-state index contributed by atoms with van der Waals surface area (Å²) in [5.41, 5.74) is 1.34. The molecule has 89 valence electrons. The van der Waals surface area contributed by atoms with Crippen LogP contribution in [0.1, 0.15) is 44.6 Å². The van der Waals surface area contributed by atoms with Crippen molar-refractivity contribution in [2.24, 2.45) is 0 Å². The Labute approximate surface area is 99.8 Å². The van der Waals surface area contributed by atoms with Crippen molar-refractivity contribution in [3.63, 3.8) is 0 Å². The summed E-state index contributed by atoms with van der Waals surface area (Å²) >= 11 is 0. The minimum Gasteiger partial charge on any atom is -0.497 e. The van der Waals surface area contributed by atoms with Crippen LogP contribution in [-0.4, -0.2) is 7.11 Å². The topological polar surface area (TPSA) is 9.23 Å². The summed E-state index contributed by atoms with van der Waals surface area (Å²) in [4.78, 5) is 0. The van der Waals surface area contributed by atoms with Crippen molar-refractivity contribution in [1.82, 2.24) is 0 Å². The summed E-state index contributed by atoms with van der Waals surface area (Å²) in [7, 11) is 1.72. The molecule has 1 radical (unpaired) electrons. The molecule has 0 atom stereocenters. The molecule has 16 heavy (non-hydrogen) atoms. The molecule has 0 aromatic heterocycles. The van der Waals surface area contributed by atoms with Gasteiger partial charge in [0.25, 0.3) is 0 Å². The number of unbranched alkanes of at least 4 members (excludes halogenated alkanes) is 5. The number of rotatable bonds is 8. The minimum atomic E-state index is 0.955. The predicted octanol–water partition coefficient (Wildman–Crippen LogP) is 4.41. The standard InChI is InChI=1S/C15H23O/c1-3-4-5-6-7-8-10-14-11-9-12-15(13-14)16-2/h8-9,11-13H,3-7,10H2,1-2H3. The first kappa shape index (κ1) is 13.1. The molecule has 1 aromatic carbocycles. The molecule has 0 fully saturated rings. The van der Waals surface area contributed by atoms with Gasteiger partial charge in [-0.15, -0.1) is 0 Å². The van der Waals surface area contributed by atoms with Crippen LogP contribution in [0.5, 0.6) is 5.75 Å². The molecule has 0 N–H and O–H groups in total. The second-order valence-electron chi connectivity index (χ2n) is 4.19. The number of benzene rings is 1. The average Bonchev–Trinajstić information content (AvgIpc) is 2.34. The third-order valence-corrected chi connectivity index (χ3v) is 2.78. The fraction of sp³-hybridized carbons (Fsp3) is 0.533. The molecule has 0 bridgehead atoms. The molecule has 1 aromatic rings. The zero-order chi connectivity index (χ0) is 11.6. The van der Waals surface area contributed by atoms with E-state index in [-0.39, 0.29) is 0 Å². The van der Waals surface area contributed by atoms with E-state index in [2.05, 4.69) is 31.5 Å². The molecule has 0 heterocycles. The first-order valence-corrected chi connectivity index (χ1v) is 6.31. The summed E-state index contributed by atoms with van der Waals surface area (Å²) in [6.45, 7) is 2.25. The quantitative estimate of drug-likeness (QED) is 0.588. The summed E-state index contributed by atoms with van der Waals surface area (Å²) in [5.74, 6) is 0.955. The summed E-state index contributed by atoms with van der Waals surface area (Å²) in [6, 6.07) is 8.32. The second kappa shape index (κ2) is 8.20. The normalized spacial score (nSPS) is 10.4. The van der Waals surface area contributed by atoms with Crippen LogP contribution in [0.25, 0.3) is 0 Å². The smallest absolute Gasteiger partial charge is 0.119 e. The van der Waals surface area contributed by atoms with Gasteiger partial charge >= 0.3 is 0 Å². The molecule has 1 rings (SSSR count). The van der Waals surface area contributed by atoms with Crippen molar-refractivity contribution in [1.29, 1.82) is 0 Å². The largest absolute Gasteiger partial charge is 0.497 e. The third kappa shape index (κ3) is 5.20. The van der Waals surface area contributed by atoms with Crippen molar-refractivity contribution in [2.45, 2.75) is 45.4 Å². The van der Waals surface area contributed by atoms with Gasteiger partial charge in [0, 0.05) is 0 Å². The van der Waals surface area contributed by atoms with E-state index in [1.165, 1.54) is 37.7 Å². The Morgan fingerprint density at radius 3 is 2.81 bits per heavy atom. The maximum absolute atomic E-state index is 5.20. The highest BCUT2D eigenvalue weighted by Crippen LogP contribution is 2.15. The Balaban J connectivity index is 2.16. The van der Waals surface area contributed by atoms with Gasteiger partial charge in [-0.1, -0.05) is 44.7 Å². The molecular formula is C15H23O. The maximum Gasteiger partial charge on any atom is 0.119 e. The molecule has 1 nitrogen and oxygen atoms in total. The van der Waals surface area contributed by atoms with Gasteiger partial charge in [-0.25, -0.2) is 0 Å². The minimum absolute atomic E-state index is 0.955. The lowest BCUT2D eigenvalue weighted by molar-refractivity contribution is 0.414. The Morgan fingerprint density at radius 2 is 2.06 bits per heavy atom. The summed E-state index contributed by atoms with van der Waals surface area (Å²) < 4.78 is 5.20. The van der Waals surface area contributed by atoms with Gasteiger partial charge in [0.05, 0.1) is 7.11 Å². The molecule has 1 heteroatoms. The highest BCUT2D eigenvalue weighted by molar-refractivity contribution is 5.29. The fourth-order valence-corrected chi connectivity index (χ4v) is 1.78. The molecule has 0 spiro atoms. The molecular weight excluding hydrogens is 196 g/mol. The third-order valence-electron chi connectivity index (χ3n) is 2.78. The van der Waals surface area contributed by atoms with Crippen molar-refractivity contribution < 1.29 is 4.74 Å². The van der Waals surface area contributed by atoms with Crippen molar-refractivity contribution >= 4 is 0 Å². The second-order valence-corrected chi connectivity index (χ2v) is 4.19. The van der Waals surface area contributed by atoms with Gasteiger partial charge in [0.1, 0.15) is 5.75 Å². The Morgan fingerprint density at radius 1 is 1.19 bits per heavy atom. The van der Waals surface area contributed by atoms with E-state index in [0.29, 0.717) is 0 Å². The first-order valence-electron chi connectivity index (χ1n) is 6.31. The van der Waals surface area contributed by atoms with E-state index in [9.17, 15) is 0 Å². The van der Waals surface area contributed by atoms with Gasteiger partial charge in [-0.05, 0) is 37.0 Å². The van der Waals surface area contributed by atoms with Crippen LogP contribution in [0.2, 0.25) is 0 Å². The average molecular weight is 219 g/mol. The molecule has 0 saturated heterocycles. The zero-order valence-corrected chi connectivity index (χ0v) is 10.5. The van der Waals surface area contributed by atoms with Crippen molar-refractivity contribution in [2.75, 3.05) is 7.11 Å². The lowest BCUT2D eigenvalue weighted by Crippen LogP contribution is -1.89. The first-order chi connectivity index (χ1) is 7.86.